The Labute approximate surface area is 141 Å². The Morgan fingerprint density at radius 2 is 2.12 bits per heavy atom. The fraction of sp³-hybridized carbons (Fsp3) is 0.556. The van der Waals surface area contributed by atoms with Gasteiger partial charge < -0.3 is 14.5 Å². The third-order valence-electron chi connectivity index (χ3n) is 5.10. The molecule has 0 radical (unpaired) electrons. The zero-order chi connectivity index (χ0) is 17.3. The maximum atomic E-state index is 13.8. The van der Waals surface area contributed by atoms with Crippen LogP contribution in [0.1, 0.15) is 35.2 Å². The molecule has 2 heterocycles. The normalized spacial score (nSPS) is 23.5. The van der Waals surface area contributed by atoms with E-state index in [4.69, 9.17) is 4.74 Å². The van der Waals surface area contributed by atoms with Gasteiger partial charge in [-0.3, -0.25) is 9.59 Å². The average Bonchev–Trinajstić information content (AvgIpc) is 3.00. The number of hydrogen-bond donors (Lipinski definition) is 0. The first-order valence-electron chi connectivity index (χ1n) is 8.38. The standard InChI is InChI=1S/C18H23FN2O3/c1-12-3-4-13(11-14(12)19)18(23)21-8-7-16-15(21)5-6-17(22)20(16)9-10-24-2/h3-4,11,15-16H,5-10H2,1-2H3/t15-,16-/m1/s1. The minimum Gasteiger partial charge on any atom is -0.383 e. The van der Waals surface area contributed by atoms with Crippen LogP contribution in [0.25, 0.3) is 0 Å². The van der Waals surface area contributed by atoms with E-state index in [0.29, 0.717) is 43.7 Å². The van der Waals surface area contributed by atoms with Crippen LogP contribution < -0.4 is 0 Å². The quantitative estimate of drug-likeness (QED) is 0.846. The Morgan fingerprint density at radius 3 is 2.83 bits per heavy atom. The number of methoxy groups -OCH3 is 1. The summed E-state index contributed by atoms with van der Waals surface area (Å²) >= 11 is 0. The molecule has 0 unspecified atom stereocenters. The summed E-state index contributed by atoms with van der Waals surface area (Å²) in [5, 5.41) is 0. The van der Waals surface area contributed by atoms with Gasteiger partial charge in [0.15, 0.2) is 0 Å². The number of halogens is 1. The SMILES string of the molecule is COCCN1C(=O)CC[C@@H]2[C@H]1CCN2C(=O)c1ccc(C)c(F)c1. The maximum absolute atomic E-state index is 13.8. The monoisotopic (exact) mass is 334 g/mol. The Balaban J connectivity index is 1.77. The number of amides is 2. The lowest BCUT2D eigenvalue weighted by molar-refractivity contribution is -0.138. The molecule has 2 aliphatic rings. The van der Waals surface area contributed by atoms with Crippen molar-refractivity contribution in [2.24, 2.45) is 0 Å². The third-order valence-corrected chi connectivity index (χ3v) is 5.10. The number of piperidine rings is 1. The predicted molar refractivity (Wildman–Crippen MR) is 87.2 cm³/mol. The molecule has 0 N–H and O–H groups in total. The van der Waals surface area contributed by atoms with Gasteiger partial charge in [-0.25, -0.2) is 4.39 Å². The first kappa shape index (κ1) is 16.9. The van der Waals surface area contributed by atoms with Crippen molar-refractivity contribution in [1.82, 2.24) is 9.80 Å². The molecule has 2 saturated heterocycles. The van der Waals surface area contributed by atoms with E-state index in [0.717, 1.165) is 6.42 Å². The number of fused-ring (bicyclic) bond motifs is 1. The summed E-state index contributed by atoms with van der Waals surface area (Å²) in [5.74, 6) is -0.386. The van der Waals surface area contributed by atoms with Gasteiger partial charge >= 0.3 is 0 Å². The molecule has 2 fully saturated rings. The topological polar surface area (TPSA) is 49.9 Å². The van der Waals surface area contributed by atoms with E-state index < -0.39 is 0 Å². The van der Waals surface area contributed by atoms with Crippen molar-refractivity contribution in [3.63, 3.8) is 0 Å². The van der Waals surface area contributed by atoms with Gasteiger partial charge in [0, 0.05) is 32.2 Å². The summed E-state index contributed by atoms with van der Waals surface area (Å²) in [5.41, 5.74) is 0.902. The van der Waals surface area contributed by atoms with E-state index in [2.05, 4.69) is 0 Å². The third kappa shape index (κ3) is 3.02. The van der Waals surface area contributed by atoms with E-state index in [1.807, 2.05) is 4.90 Å². The molecular formula is C18H23FN2O3. The van der Waals surface area contributed by atoms with Crippen LogP contribution in [-0.4, -0.2) is 60.5 Å². The number of nitrogens with zero attached hydrogens (tertiary/aromatic N) is 2. The molecule has 6 heteroatoms. The number of benzene rings is 1. The highest BCUT2D eigenvalue weighted by Crippen LogP contribution is 2.32. The van der Waals surface area contributed by atoms with E-state index in [9.17, 15) is 14.0 Å². The van der Waals surface area contributed by atoms with E-state index in [1.165, 1.54) is 6.07 Å². The smallest absolute Gasteiger partial charge is 0.254 e. The van der Waals surface area contributed by atoms with Crippen molar-refractivity contribution in [1.29, 1.82) is 0 Å². The van der Waals surface area contributed by atoms with Gasteiger partial charge in [-0.2, -0.15) is 0 Å². The molecule has 0 aliphatic carbocycles. The summed E-state index contributed by atoms with van der Waals surface area (Å²) in [7, 11) is 1.61. The fourth-order valence-electron chi connectivity index (χ4n) is 3.77. The van der Waals surface area contributed by atoms with Gasteiger partial charge in [0.05, 0.1) is 18.7 Å². The molecule has 3 rings (SSSR count). The molecule has 0 aromatic heterocycles. The molecule has 1 aromatic carbocycles. The zero-order valence-corrected chi connectivity index (χ0v) is 14.1. The van der Waals surface area contributed by atoms with Gasteiger partial charge in [0.2, 0.25) is 5.91 Å². The Bertz CT molecular complexity index is 649. The molecule has 2 amide bonds. The fourth-order valence-corrected chi connectivity index (χ4v) is 3.77. The molecule has 0 spiro atoms. The van der Waals surface area contributed by atoms with Crippen LogP contribution in [0.5, 0.6) is 0 Å². The highest BCUT2D eigenvalue weighted by atomic mass is 19.1. The van der Waals surface area contributed by atoms with E-state index in [1.54, 1.807) is 31.1 Å². The van der Waals surface area contributed by atoms with Crippen LogP contribution in [-0.2, 0) is 9.53 Å². The van der Waals surface area contributed by atoms with Gasteiger partial charge in [-0.1, -0.05) is 6.07 Å². The van der Waals surface area contributed by atoms with Crippen molar-refractivity contribution in [3.05, 3.63) is 35.1 Å². The molecular weight excluding hydrogens is 311 g/mol. The summed E-state index contributed by atoms with van der Waals surface area (Å²) in [6, 6.07) is 4.66. The number of hydrogen-bond acceptors (Lipinski definition) is 3. The molecule has 0 saturated carbocycles. The summed E-state index contributed by atoms with van der Waals surface area (Å²) < 4.78 is 18.9. The Morgan fingerprint density at radius 1 is 1.33 bits per heavy atom. The lowest BCUT2D eigenvalue weighted by Crippen LogP contribution is -2.54. The van der Waals surface area contributed by atoms with Crippen LogP contribution in [0.15, 0.2) is 18.2 Å². The van der Waals surface area contributed by atoms with Crippen molar-refractivity contribution < 1.29 is 18.7 Å². The van der Waals surface area contributed by atoms with Gasteiger partial charge in [0.25, 0.3) is 5.91 Å². The largest absolute Gasteiger partial charge is 0.383 e. The highest BCUT2D eigenvalue weighted by Gasteiger charge is 2.44. The van der Waals surface area contributed by atoms with Crippen LogP contribution in [0.4, 0.5) is 4.39 Å². The second-order valence-corrected chi connectivity index (χ2v) is 6.50. The van der Waals surface area contributed by atoms with Gasteiger partial charge in [-0.15, -0.1) is 0 Å². The van der Waals surface area contributed by atoms with Gasteiger partial charge in [0.1, 0.15) is 5.82 Å². The van der Waals surface area contributed by atoms with Crippen LogP contribution in [0.3, 0.4) is 0 Å². The first-order valence-corrected chi connectivity index (χ1v) is 8.38. The first-order chi connectivity index (χ1) is 11.5. The van der Waals surface area contributed by atoms with Gasteiger partial charge in [-0.05, 0) is 37.5 Å². The van der Waals surface area contributed by atoms with Crippen LogP contribution in [0, 0.1) is 12.7 Å². The van der Waals surface area contributed by atoms with Crippen molar-refractivity contribution >= 4 is 11.8 Å². The number of likely N-dealkylation sites (tertiary alicyclic amines) is 2. The van der Waals surface area contributed by atoms with Crippen molar-refractivity contribution in [2.75, 3.05) is 26.8 Å². The number of rotatable bonds is 4. The minimum atomic E-state index is -0.364. The van der Waals surface area contributed by atoms with Crippen LogP contribution >= 0.6 is 0 Å². The zero-order valence-electron chi connectivity index (χ0n) is 14.1. The molecule has 24 heavy (non-hydrogen) atoms. The Hall–Kier alpha value is -1.95. The minimum absolute atomic E-state index is 0.0106. The predicted octanol–water partition coefficient (Wildman–Crippen LogP) is 1.99. The molecule has 0 bridgehead atoms. The molecule has 130 valence electrons. The maximum Gasteiger partial charge on any atom is 0.254 e. The number of aryl methyl sites for hydroxylation is 1. The van der Waals surface area contributed by atoms with Crippen molar-refractivity contribution in [2.45, 2.75) is 38.3 Å². The summed E-state index contributed by atoms with van der Waals surface area (Å²) in [6.07, 6.45) is 1.88. The molecule has 2 aliphatic heterocycles. The van der Waals surface area contributed by atoms with E-state index in [-0.39, 0.29) is 29.7 Å². The van der Waals surface area contributed by atoms with E-state index >= 15 is 0 Å². The number of ether oxygens (including phenoxy) is 1. The Kier molecular flexibility index (Phi) is 4.85. The lowest BCUT2D eigenvalue weighted by Gasteiger charge is -2.39. The molecule has 1 aromatic rings. The second kappa shape index (κ2) is 6.89. The highest BCUT2D eigenvalue weighted by molar-refractivity contribution is 5.95. The van der Waals surface area contributed by atoms with Crippen molar-refractivity contribution in [3.8, 4) is 0 Å². The molecule has 2 atom stereocenters. The number of carbonyl (C=O) groups is 2. The average molecular weight is 334 g/mol. The molecule has 5 nitrogen and oxygen atoms in total. The number of carbonyl (C=O) groups excluding carboxylic acids is 2. The van der Waals surface area contributed by atoms with Crippen LogP contribution in [0.2, 0.25) is 0 Å². The summed E-state index contributed by atoms with van der Waals surface area (Å²) in [4.78, 5) is 28.6. The second-order valence-electron chi connectivity index (χ2n) is 6.50. The lowest BCUT2D eigenvalue weighted by atomic mass is 9.96. The summed E-state index contributed by atoms with van der Waals surface area (Å²) in [6.45, 7) is 3.32.